The van der Waals surface area contributed by atoms with Crippen LogP contribution in [-0.2, 0) is 14.3 Å². The second-order valence-corrected chi connectivity index (χ2v) is 12.5. The first-order valence-corrected chi connectivity index (χ1v) is 15.6. The summed E-state index contributed by atoms with van der Waals surface area (Å²) in [5.74, 6) is -2.41. The maximum atomic E-state index is 11.6. The zero-order valence-electron chi connectivity index (χ0n) is 25.8. The van der Waals surface area contributed by atoms with E-state index < -0.39 is 24.2 Å². The number of hydrogen-bond donors (Lipinski definition) is 2. The minimum absolute atomic E-state index is 0.144. The van der Waals surface area contributed by atoms with Gasteiger partial charge in [0.1, 0.15) is 11.3 Å². The third kappa shape index (κ3) is 8.01. The summed E-state index contributed by atoms with van der Waals surface area (Å²) in [6, 6.07) is 6.00. The fourth-order valence-electron chi connectivity index (χ4n) is 6.36. The number of aromatic nitrogens is 4. The van der Waals surface area contributed by atoms with Crippen LogP contribution in [0.2, 0.25) is 10.0 Å². The lowest BCUT2D eigenvalue weighted by Crippen LogP contribution is -2.52. The third-order valence-electron chi connectivity index (χ3n) is 8.66. The second kappa shape index (κ2) is 14.7. The molecule has 2 N–H and O–H groups in total. The van der Waals surface area contributed by atoms with Crippen LogP contribution in [0.15, 0.2) is 24.4 Å². The number of benzene rings is 1. The van der Waals surface area contributed by atoms with Crippen molar-refractivity contribution in [2.45, 2.75) is 76.9 Å². The number of hydrogen-bond acceptors (Lipinski definition) is 8. The van der Waals surface area contributed by atoms with Crippen LogP contribution in [0, 0.1) is 12.8 Å². The Morgan fingerprint density at radius 1 is 1.17 bits per heavy atom. The van der Waals surface area contributed by atoms with Gasteiger partial charge < -0.3 is 19.8 Å². The highest BCUT2D eigenvalue weighted by Crippen LogP contribution is 2.34. The number of aryl methyl sites for hydroxylation is 1. The van der Waals surface area contributed by atoms with Crippen molar-refractivity contribution in [1.82, 2.24) is 24.6 Å². The summed E-state index contributed by atoms with van der Waals surface area (Å²) in [5.41, 5.74) is 3.26. The fourth-order valence-corrected chi connectivity index (χ4v) is 6.93. The normalized spacial score (nSPS) is 21.9. The number of carboxylic acids is 2. The number of alkyl halides is 3. The van der Waals surface area contributed by atoms with Crippen LogP contribution in [0.4, 0.5) is 19.0 Å². The van der Waals surface area contributed by atoms with E-state index in [0.29, 0.717) is 28.4 Å². The van der Waals surface area contributed by atoms with E-state index in [9.17, 15) is 23.1 Å². The molecule has 0 saturated carbocycles. The van der Waals surface area contributed by atoms with Crippen LogP contribution in [0.3, 0.4) is 0 Å². The van der Waals surface area contributed by atoms with E-state index >= 15 is 0 Å². The maximum Gasteiger partial charge on any atom is 0.490 e. The Hall–Kier alpha value is -3.20. The average molecular weight is 690 g/mol. The summed E-state index contributed by atoms with van der Waals surface area (Å²) < 4.78 is 38.9. The standard InChI is InChI=1S/C28H36Cl2N6O3.C2HF3O2/c1-16-15-34(11-9-23(16)35-10-5-6-20(35)13-24(39-4)28(37)38)25-14-31-26-17(2)33-36(27(26)32-25)18(3)21-8-7-19(29)12-22(21)30;3-2(4,5)1(6)7/h7-8,12,14,16,18,20,23-24H,5-6,9-11,13,15H2,1-4H3,(H,37,38);(H,6,7)/t16?,18-,20+,23?,24?;/m1./s1. The van der Waals surface area contributed by atoms with Gasteiger partial charge in [0.25, 0.3) is 0 Å². The van der Waals surface area contributed by atoms with Crippen LogP contribution in [0.1, 0.15) is 56.8 Å². The number of rotatable bonds is 8. The monoisotopic (exact) mass is 688 g/mol. The molecule has 0 aliphatic carbocycles. The first-order valence-electron chi connectivity index (χ1n) is 14.9. The maximum absolute atomic E-state index is 11.6. The molecular formula is C30H37Cl2F3N6O5. The van der Waals surface area contributed by atoms with Gasteiger partial charge in [-0.1, -0.05) is 36.2 Å². The second-order valence-electron chi connectivity index (χ2n) is 11.7. The fraction of sp³-hybridized carbons (Fsp3) is 0.567. The number of ether oxygens (including phenoxy) is 1. The van der Waals surface area contributed by atoms with E-state index in [1.165, 1.54) is 7.11 Å². The van der Waals surface area contributed by atoms with Gasteiger partial charge in [-0.25, -0.2) is 24.2 Å². The number of carboxylic acid groups (broad SMARTS) is 2. The molecule has 0 radical (unpaired) electrons. The highest BCUT2D eigenvalue weighted by molar-refractivity contribution is 6.35. The molecule has 3 unspecified atom stereocenters. The molecular weight excluding hydrogens is 652 g/mol. The van der Waals surface area contributed by atoms with E-state index in [2.05, 4.69) is 16.7 Å². The molecule has 2 aliphatic rings. The molecule has 5 rings (SSSR count). The molecule has 5 atom stereocenters. The van der Waals surface area contributed by atoms with Gasteiger partial charge in [-0.3, -0.25) is 4.90 Å². The van der Waals surface area contributed by atoms with Crippen molar-refractivity contribution in [2.24, 2.45) is 5.92 Å². The SMILES string of the molecule is COC(C[C@@H]1CCCN1C1CCN(c2cnc3c(C)nn([C@H](C)c4ccc(Cl)cc4Cl)c3n2)CC1C)C(=O)O.O=C(O)C(F)(F)F. The molecule has 16 heteroatoms. The van der Waals surface area contributed by atoms with Gasteiger partial charge in [-0.05, 0) is 69.7 Å². The lowest BCUT2D eigenvalue weighted by atomic mass is 9.91. The molecule has 11 nitrogen and oxygen atoms in total. The Morgan fingerprint density at radius 2 is 1.87 bits per heavy atom. The van der Waals surface area contributed by atoms with Crippen LogP contribution in [0.5, 0.6) is 0 Å². The summed E-state index contributed by atoms with van der Waals surface area (Å²) in [5, 5.41) is 22.6. The number of likely N-dealkylation sites (tertiary alicyclic amines) is 1. The number of methoxy groups -OCH3 is 1. The summed E-state index contributed by atoms with van der Waals surface area (Å²) in [4.78, 5) is 35.1. The number of nitrogens with zero attached hydrogens (tertiary/aromatic N) is 6. The number of aliphatic carboxylic acids is 2. The Morgan fingerprint density at radius 3 is 2.46 bits per heavy atom. The number of fused-ring (bicyclic) bond motifs is 1. The highest BCUT2D eigenvalue weighted by atomic mass is 35.5. The zero-order valence-corrected chi connectivity index (χ0v) is 27.4. The number of anilines is 1. The third-order valence-corrected chi connectivity index (χ3v) is 9.22. The summed E-state index contributed by atoms with van der Waals surface area (Å²) in [6.07, 6.45) is -0.372. The lowest BCUT2D eigenvalue weighted by Gasteiger charge is -2.44. The van der Waals surface area contributed by atoms with Crippen molar-refractivity contribution in [1.29, 1.82) is 0 Å². The first kappa shape index (κ1) is 35.7. The van der Waals surface area contributed by atoms with Gasteiger partial charge in [-0.15, -0.1) is 0 Å². The molecule has 0 spiro atoms. The van der Waals surface area contributed by atoms with Crippen molar-refractivity contribution in [3.63, 3.8) is 0 Å². The van der Waals surface area contributed by atoms with E-state index in [4.69, 9.17) is 52.9 Å². The minimum atomic E-state index is -5.08. The topological polar surface area (TPSA) is 134 Å². The van der Waals surface area contributed by atoms with Gasteiger partial charge in [0, 0.05) is 42.3 Å². The molecule has 1 aromatic carbocycles. The molecule has 0 amide bonds. The molecule has 2 aliphatic heterocycles. The molecule has 2 fully saturated rings. The van der Waals surface area contributed by atoms with Gasteiger partial charge in [0.05, 0.1) is 17.9 Å². The number of piperidine rings is 1. The molecule has 2 saturated heterocycles. The van der Waals surface area contributed by atoms with Crippen LogP contribution < -0.4 is 4.90 Å². The minimum Gasteiger partial charge on any atom is -0.479 e. The quantitative estimate of drug-likeness (QED) is 0.297. The van der Waals surface area contributed by atoms with Crippen molar-refractivity contribution in [3.8, 4) is 0 Å². The lowest BCUT2D eigenvalue weighted by molar-refractivity contribution is -0.192. The molecule has 252 valence electrons. The van der Waals surface area contributed by atoms with Crippen molar-refractivity contribution >= 4 is 52.1 Å². The van der Waals surface area contributed by atoms with Crippen molar-refractivity contribution in [3.05, 3.63) is 45.7 Å². The Kier molecular flexibility index (Phi) is 11.4. The number of carbonyl (C=O) groups is 2. The Bertz CT molecular complexity index is 1560. The highest BCUT2D eigenvalue weighted by Gasteiger charge is 2.39. The summed E-state index contributed by atoms with van der Waals surface area (Å²) in [6.45, 7) is 8.99. The van der Waals surface area contributed by atoms with Gasteiger partial charge >= 0.3 is 18.1 Å². The van der Waals surface area contributed by atoms with Crippen LogP contribution in [0.25, 0.3) is 11.2 Å². The van der Waals surface area contributed by atoms with E-state index in [-0.39, 0.29) is 12.1 Å². The molecule has 2 aromatic heterocycles. The largest absolute Gasteiger partial charge is 0.490 e. The van der Waals surface area contributed by atoms with E-state index in [1.54, 1.807) is 6.07 Å². The summed E-state index contributed by atoms with van der Waals surface area (Å²) >= 11 is 12.6. The molecule has 0 bridgehead atoms. The summed E-state index contributed by atoms with van der Waals surface area (Å²) in [7, 11) is 1.48. The van der Waals surface area contributed by atoms with E-state index in [1.807, 2.05) is 36.9 Å². The van der Waals surface area contributed by atoms with Gasteiger partial charge in [0.2, 0.25) is 0 Å². The van der Waals surface area contributed by atoms with Crippen molar-refractivity contribution in [2.75, 3.05) is 31.6 Å². The van der Waals surface area contributed by atoms with Gasteiger partial charge in [0.15, 0.2) is 11.8 Å². The zero-order chi connectivity index (χ0) is 33.9. The van der Waals surface area contributed by atoms with Crippen LogP contribution >= 0.6 is 23.2 Å². The van der Waals surface area contributed by atoms with E-state index in [0.717, 1.165) is 67.1 Å². The predicted molar refractivity (Wildman–Crippen MR) is 167 cm³/mol. The average Bonchev–Trinajstić information content (AvgIpc) is 3.58. The molecule has 3 aromatic rings. The van der Waals surface area contributed by atoms with Crippen molar-refractivity contribution < 1.29 is 37.7 Å². The van der Waals surface area contributed by atoms with Gasteiger partial charge in [-0.2, -0.15) is 18.3 Å². The first-order chi connectivity index (χ1) is 21.6. The van der Waals surface area contributed by atoms with Crippen LogP contribution in [-0.4, -0.2) is 97.9 Å². The predicted octanol–water partition coefficient (Wildman–Crippen LogP) is 5.85. The smallest absolute Gasteiger partial charge is 0.479 e. The molecule has 46 heavy (non-hydrogen) atoms. The number of halogens is 5. The Balaban J connectivity index is 0.000000617. The molecule has 4 heterocycles. The Labute approximate surface area is 274 Å².